The molecule has 0 aliphatic heterocycles. The van der Waals surface area contributed by atoms with Gasteiger partial charge in [0, 0.05) is 0 Å². The molecule has 0 aromatic heterocycles. The Morgan fingerprint density at radius 2 is 1.12 bits per heavy atom. The highest BCUT2D eigenvalue weighted by Crippen LogP contribution is 2.37. The van der Waals surface area contributed by atoms with Gasteiger partial charge in [-0.05, 0) is 46.9 Å². The molecule has 0 saturated heterocycles. The van der Waals surface area contributed by atoms with Crippen LogP contribution < -0.4 is 0 Å². The highest BCUT2D eigenvalue weighted by atomic mass is 16.3. The number of aromatic hydroxyl groups is 1. The fraction of sp³-hybridized carbons (Fsp3) is 0.0476. The van der Waals surface area contributed by atoms with Gasteiger partial charge in [-0.2, -0.15) is 0 Å². The summed E-state index contributed by atoms with van der Waals surface area (Å²) in [5.41, 5.74) is 5.76. The second-order valence-corrected chi connectivity index (χ2v) is 5.50. The number of aryl methyl sites for hydroxylation is 1. The molecule has 114 valence electrons. The molecule has 3 nitrogen and oxygen atoms in total. The van der Waals surface area contributed by atoms with Crippen LogP contribution in [0.1, 0.15) is 5.56 Å². The van der Waals surface area contributed by atoms with Gasteiger partial charge in [0.05, 0.1) is 13.1 Å². The first kappa shape index (κ1) is 15.3. The lowest BCUT2D eigenvalue weighted by atomic mass is 9.92. The molecule has 0 unspecified atom stereocenters. The predicted molar refractivity (Wildman–Crippen MR) is 96.2 cm³/mol. The summed E-state index contributed by atoms with van der Waals surface area (Å²) in [7, 11) is 0. The zero-order valence-corrected chi connectivity index (χ0v) is 13.1. The molecule has 0 spiro atoms. The highest BCUT2D eigenvalue weighted by Gasteiger charge is 2.11. The Kier molecular flexibility index (Phi) is 4.01. The van der Waals surface area contributed by atoms with E-state index in [4.69, 9.17) is 13.1 Å². The Morgan fingerprint density at radius 3 is 1.54 bits per heavy atom. The van der Waals surface area contributed by atoms with Crippen LogP contribution in [0.15, 0.2) is 60.7 Å². The standard InChI is InChI=1S/C21H14N2O/c1-14-12-19(15-4-8-17(22-2)9-5-15)20(13-21(14)24)16-6-10-18(23-3)11-7-16/h4-13,24H,1H3. The van der Waals surface area contributed by atoms with Gasteiger partial charge in [-0.3, -0.25) is 0 Å². The van der Waals surface area contributed by atoms with Gasteiger partial charge in [0.1, 0.15) is 5.75 Å². The Morgan fingerprint density at radius 1 is 0.708 bits per heavy atom. The number of phenols is 1. The van der Waals surface area contributed by atoms with E-state index in [1.54, 1.807) is 30.3 Å². The van der Waals surface area contributed by atoms with Crippen LogP contribution in [-0.4, -0.2) is 5.11 Å². The van der Waals surface area contributed by atoms with Crippen LogP contribution in [0.2, 0.25) is 0 Å². The van der Waals surface area contributed by atoms with Gasteiger partial charge in [-0.1, -0.05) is 48.5 Å². The molecular formula is C21H14N2O. The van der Waals surface area contributed by atoms with Gasteiger partial charge in [-0.25, -0.2) is 9.69 Å². The quantitative estimate of drug-likeness (QED) is 0.566. The molecule has 3 aromatic rings. The summed E-state index contributed by atoms with van der Waals surface area (Å²) in [6.07, 6.45) is 0. The summed E-state index contributed by atoms with van der Waals surface area (Å²) < 4.78 is 0. The monoisotopic (exact) mass is 310 g/mol. The van der Waals surface area contributed by atoms with E-state index < -0.39 is 0 Å². The molecule has 3 heteroatoms. The number of benzene rings is 3. The van der Waals surface area contributed by atoms with Crippen LogP contribution in [0, 0.1) is 20.1 Å². The van der Waals surface area contributed by atoms with Crippen molar-refractivity contribution in [2.24, 2.45) is 0 Å². The van der Waals surface area contributed by atoms with Crippen LogP contribution in [0.25, 0.3) is 31.9 Å². The second-order valence-electron chi connectivity index (χ2n) is 5.50. The minimum atomic E-state index is 0.237. The molecule has 0 atom stereocenters. The van der Waals surface area contributed by atoms with Crippen molar-refractivity contribution in [1.82, 2.24) is 0 Å². The van der Waals surface area contributed by atoms with Gasteiger partial charge in [0.25, 0.3) is 0 Å². The Bertz CT molecular complexity index is 890. The minimum absolute atomic E-state index is 0.237. The lowest BCUT2D eigenvalue weighted by Gasteiger charge is -2.13. The maximum Gasteiger partial charge on any atom is 0.187 e. The molecule has 0 aliphatic rings. The first-order valence-corrected chi connectivity index (χ1v) is 7.42. The molecule has 0 radical (unpaired) electrons. The maximum absolute atomic E-state index is 10.1. The Labute approximate surface area is 141 Å². The van der Waals surface area contributed by atoms with Crippen molar-refractivity contribution in [2.45, 2.75) is 6.92 Å². The largest absolute Gasteiger partial charge is 0.508 e. The summed E-state index contributed by atoms with van der Waals surface area (Å²) in [5, 5.41) is 10.1. The fourth-order valence-electron chi connectivity index (χ4n) is 2.61. The van der Waals surface area contributed by atoms with E-state index in [2.05, 4.69) is 9.69 Å². The highest BCUT2D eigenvalue weighted by molar-refractivity contribution is 5.86. The van der Waals surface area contributed by atoms with E-state index in [1.165, 1.54) is 0 Å². The average Bonchev–Trinajstić information content (AvgIpc) is 2.64. The third-order valence-electron chi connectivity index (χ3n) is 3.95. The van der Waals surface area contributed by atoms with Crippen molar-refractivity contribution in [3.8, 4) is 28.0 Å². The van der Waals surface area contributed by atoms with Crippen LogP contribution in [0.3, 0.4) is 0 Å². The number of phenolic OH excluding ortho intramolecular Hbond substituents is 1. The lowest BCUT2D eigenvalue weighted by molar-refractivity contribution is 0.471. The van der Waals surface area contributed by atoms with Gasteiger partial charge < -0.3 is 5.11 Å². The molecule has 0 amide bonds. The number of hydrogen-bond acceptors (Lipinski definition) is 1. The topological polar surface area (TPSA) is 28.9 Å². The molecule has 0 fully saturated rings. The van der Waals surface area contributed by atoms with E-state index in [-0.39, 0.29) is 5.75 Å². The molecule has 0 saturated carbocycles. The molecule has 24 heavy (non-hydrogen) atoms. The van der Waals surface area contributed by atoms with Gasteiger partial charge >= 0.3 is 0 Å². The maximum atomic E-state index is 10.1. The number of nitrogens with zero attached hydrogens (tertiary/aromatic N) is 2. The summed E-state index contributed by atoms with van der Waals surface area (Å²) >= 11 is 0. The van der Waals surface area contributed by atoms with E-state index >= 15 is 0 Å². The molecule has 0 aliphatic carbocycles. The zero-order chi connectivity index (χ0) is 17.1. The summed E-state index contributed by atoms with van der Waals surface area (Å²) in [6, 6.07) is 18.4. The first-order valence-electron chi connectivity index (χ1n) is 7.42. The van der Waals surface area contributed by atoms with Crippen LogP contribution in [0.5, 0.6) is 5.75 Å². The van der Waals surface area contributed by atoms with E-state index in [1.807, 2.05) is 37.3 Å². The van der Waals surface area contributed by atoms with Crippen molar-refractivity contribution in [3.63, 3.8) is 0 Å². The summed E-state index contributed by atoms with van der Waals surface area (Å²) in [6.45, 7) is 16.0. The van der Waals surface area contributed by atoms with Gasteiger partial charge in [-0.15, -0.1) is 0 Å². The van der Waals surface area contributed by atoms with E-state index in [0.717, 1.165) is 27.8 Å². The summed E-state index contributed by atoms with van der Waals surface area (Å²) in [5.74, 6) is 0.237. The smallest absolute Gasteiger partial charge is 0.187 e. The van der Waals surface area contributed by atoms with Crippen molar-refractivity contribution >= 4 is 11.4 Å². The summed E-state index contributed by atoms with van der Waals surface area (Å²) in [4.78, 5) is 6.83. The fourth-order valence-corrected chi connectivity index (χ4v) is 2.61. The molecule has 3 aromatic carbocycles. The third-order valence-corrected chi connectivity index (χ3v) is 3.95. The zero-order valence-electron chi connectivity index (χ0n) is 13.1. The van der Waals surface area contributed by atoms with Crippen LogP contribution in [0.4, 0.5) is 11.4 Å². The Hall–Kier alpha value is -3.56. The van der Waals surface area contributed by atoms with E-state index in [9.17, 15) is 5.11 Å². The minimum Gasteiger partial charge on any atom is -0.508 e. The first-order chi connectivity index (χ1) is 11.6. The van der Waals surface area contributed by atoms with Crippen LogP contribution >= 0.6 is 0 Å². The normalized spacial score (nSPS) is 9.96. The predicted octanol–water partition coefficient (Wildman–Crippen LogP) is 6.14. The average molecular weight is 310 g/mol. The molecule has 0 bridgehead atoms. The van der Waals surface area contributed by atoms with Crippen molar-refractivity contribution in [2.75, 3.05) is 0 Å². The van der Waals surface area contributed by atoms with Crippen molar-refractivity contribution in [1.29, 1.82) is 0 Å². The van der Waals surface area contributed by atoms with Gasteiger partial charge in [0.2, 0.25) is 0 Å². The van der Waals surface area contributed by atoms with Crippen molar-refractivity contribution < 1.29 is 5.11 Å². The van der Waals surface area contributed by atoms with Crippen LogP contribution in [-0.2, 0) is 0 Å². The van der Waals surface area contributed by atoms with Gasteiger partial charge in [0.15, 0.2) is 11.4 Å². The lowest BCUT2D eigenvalue weighted by Crippen LogP contribution is -1.87. The SMILES string of the molecule is [C-]#[N+]c1ccc(-c2cc(C)c(O)cc2-c2ccc([N+]#[C-])cc2)cc1. The van der Waals surface area contributed by atoms with Crippen molar-refractivity contribution in [3.05, 3.63) is 89.1 Å². The van der Waals surface area contributed by atoms with E-state index in [0.29, 0.717) is 11.4 Å². The number of rotatable bonds is 2. The molecule has 3 rings (SSSR count). The molecule has 0 heterocycles. The number of hydrogen-bond donors (Lipinski definition) is 1. The third kappa shape index (κ3) is 2.84. The second kappa shape index (κ2) is 6.28. The molecular weight excluding hydrogens is 296 g/mol. The molecule has 1 N–H and O–H groups in total. The Balaban J connectivity index is 2.19.